The second-order valence-electron chi connectivity index (χ2n) is 9.71. The molecule has 1 aliphatic rings. The van der Waals surface area contributed by atoms with Crippen molar-refractivity contribution in [3.8, 4) is 44.5 Å². The molecule has 0 N–H and O–H groups in total. The van der Waals surface area contributed by atoms with Gasteiger partial charge in [-0.3, -0.25) is 0 Å². The van der Waals surface area contributed by atoms with Crippen LogP contribution in [0.5, 0.6) is 0 Å². The zero-order chi connectivity index (χ0) is 23.6. The van der Waals surface area contributed by atoms with Crippen molar-refractivity contribution in [3.63, 3.8) is 0 Å². The fraction of sp³-hybridized carbons (Fsp3) is 0. The molecule has 0 bridgehead atoms. The maximum Gasteiger partial charge on any atom is -0.00201 e. The molecule has 0 aliphatic heterocycles. The molecular formula is C36H22. The molecule has 7 aromatic rings. The summed E-state index contributed by atoms with van der Waals surface area (Å²) in [6.45, 7) is 0. The smallest absolute Gasteiger partial charge is 0.00201 e. The van der Waals surface area contributed by atoms with Gasteiger partial charge in [-0.25, -0.2) is 0 Å². The summed E-state index contributed by atoms with van der Waals surface area (Å²) in [5.41, 5.74) is 10.4. The molecule has 0 aromatic heterocycles. The summed E-state index contributed by atoms with van der Waals surface area (Å²) < 4.78 is 0. The molecule has 0 nitrogen and oxygen atoms in total. The van der Waals surface area contributed by atoms with E-state index in [2.05, 4.69) is 133 Å². The monoisotopic (exact) mass is 454 g/mol. The standard InChI is InChI=1S/C36H22/c1-2-9-23(10-3-1)24-17-18-29-26-12-5-4-11-25(26)22-35(34(29)21-24)30-19-20-33-28-14-7-6-13-27(28)31-15-8-16-32(30)36(31)33/h1-22H. The van der Waals surface area contributed by atoms with Gasteiger partial charge in [-0.15, -0.1) is 0 Å². The van der Waals surface area contributed by atoms with E-state index in [9.17, 15) is 0 Å². The summed E-state index contributed by atoms with van der Waals surface area (Å²) in [6, 6.07) is 49.0. The molecule has 0 saturated heterocycles. The molecule has 0 amide bonds. The first-order valence-corrected chi connectivity index (χ1v) is 12.5. The first kappa shape index (κ1) is 19.6. The van der Waals surface area contributed by atoms with Crippen LogP contribution in [0.2, 0.25) is 0 Å². The van der Waals surface area contributed by atoms with Crippen molar-refractivity contribution in [2.75, 3.05) is 0 Å². The maximum absolute atomic E-state index is 2.39. The summed E-state index contributed by atoms with van der Waals surface area (Å²) in [7, 11) is 0. The number of benzene rings is 7. The lowest BCUT2D eigenvalue weighted by molar-refractivity contribution is 1.64. The third kappa shape index (κ3) is 2.70. The van der Waals surface area contributed by atoms with Crippen LogP contribution in [0, 0.1) is 0 Å². The van der Waals surface area contributed by atoms with Crippen LogP contribution < -0.4 is 0 Å². The Morgan fingerprint density at radius 3 is 1.81 bits per heavy atom. The largest absolute Gasteiger partial charge is 0.0622 e. The summed E-state index contributed by atoms with van der Waals surface area (Å²) in [4.78, 5) is 0. The third-order valence-electron chi connectivity index (χ3n) is 7.81. The van der Waals surface area contributed by atoms with E-state index in [0.29, 0.717) is 0 Å². The van der Waals surface area contributed by atoms with E-state index >= 15 is 0 Å². The van der Waals surface area contributed by atoms with Crippen LogP contribution in [0.3, 0.4) is 0 Å². The molecule has 0 unspecified atom stereocenters. The van der Waals surface area contributed by atoms with Crippen LogP contribution in [0.25, 0.3) is 76.8 Å². The van der Waals surface area contributed by atoms with Gasteiger partial charge in [-0.05, 0) is 89.0 Å². The predicted octanol–water partition coefficient (Wildman–Crippen LogP) is 10.1. The topological polar surface area (TPSA) is 0 Å². The van der Waals surface area contributed by atoms with Gasteiger partial charge in [0.1, 0.15) is 0 Å². The van der Waals surface area contributed by atoms with Crippen LogP contribution in [-0.2, 0) is 0 Å². The average Bonchev–Trinajstić information content (AvgIpc) is 3.28. The van der Waals surface area contributed by atoms with Crippen molar-refractivity contribution in [1.82, 2.24) is 0 Å². The van der Waals surface area contributed by atoms with E-state index in [1.165, 1.54) is 76.8 Å². The van der Waals surface area contributed by atoms with Crippen LogP contribution >= 0.6 is 0 Å². The van der Waals surface area contributed by atoms with Crippen molar-refractivity contribution in [2.24, 2.45) is 0 Å². The number of rotatable bonds is 2. The molecule has 36 heavy (non-hydrogen) atoms. The van der Waals surface area contributed by atoms with E-state index in [1.807, 2.05) is 0 Å². The van der Waals surface area contributed by atoms with Gasteiger partial charge in [0.2, 0.25) is 0 Å². The number of fused-ring (bicyclic) bond motifs is 6. The fourth-order valence-electron chi connectivity index (χ4n) is 6.18. The number of hydrogen-bond acceptors (Lipinski definition) is 0. The normalized spacial score (nSPS) is 11.9. The zero-order valence-corrected chi connectivity index (χ0v) is 19.7. The molecule has 1 aliphatic carbocycles. The van der Waals surface area contributed by atoms with Gasteiger partial charge in [0.05, 0.1) is 0 Å². The molecule has 166 valence electrons. The first-order valence-electron chi connectivity index (χ1n) is 12.5. The van der Waals surface area contributed by atoms with Gasteiger partial charge in [-0.2, -0.15) is 0 Å². The Bertz CT molecular complexity index is 1950. The quantitative estimate of drug-likeness (QED) is 0.228. The second kappa shape index (κ2) is 7.41. The van der Waals surface area contributed by atoms with Crippen LogP contribution in [-0.4, -0.2) is 0 Å². The molecule has 8 rings (SSSR count). The van der Waals surface area contributed by atoms with Crippen LogP contribution in [0.1, 0.15) is 0 Å². The van der Waals surface area contributed by atoms with Gasteiger partial charge >= 0.3 is 0 Å². The van der Waals surface area contributed by atoms with Crippen molar-refractivity contribution in [1.29, 1.82) is 0 Å². The van der Waals surface area contributed by atoms with Gasteiger partial charge in [0.15, 0.2) is 0 Å². The lowest BCUT2D eigenvalue weighted by atomic mass is 9.88. The lowest BCUT2D eigenvalue weighted by Gasteiger charge is -2.15. The van der Waals surface area contributed by atoms with Crippen LogP contribution in [0.15, 0.2) is 133 Å². The molecule has 0 saturated carbocycles. The van der Waals surface area contributed by atoms with Crippen molar-refractivity contribution in [2.45, 2.75) is 0 Å². The molecule has 0 radical (unpaired) electrons. The predicted molar refractivity (Wildman–Crippen MR) is 154 cm³/mol. The Kier molecular flexibility index (Phi) is 4.03. The molecule has 0 atom stereocenters. The van der Waals surface area contributed by atoms with Gasteiger partial charge in [0.25, 0.3) is 0 Å². The first-order chi connectivity index (χ1) is 17.9. The van der Waals surface area contributed by atoms with Gasteiger partial charge < -0.3 is 0 Å². The second-order valence-corrected chi connectivity index (χ2v) is 9.71. The minimum atomic E-state index is 1.24. The Morgan fingerprint density at radius 1 is 0.278 bits per heavy atom. The fourth-order valence-corrected chi connectivity index (χ4v) is 6.18. The molecule has 0 heterocycles. The minimum absolute atomic E-state index is 1.24. The van der Waals surface area contributed by atoms with Crippen molar-refractivity contribution in [3.05, 3.63) is 133 Å². The van der Waals surface area contributed by atoms with Gasteiger partial charge in [0, 0.05) is 0 Å². The lowest BCUT2D eigenvalue weighted by Crippen LogP contribution is -1.88. The summed E-state index contributed by atoms with van der Waals surface area (Å²) in [6.07, 6.45) is 0. The Hall–Kier alpha value is -4.68. The molecular weight excluding hydrogens is 432 g/mol. The molecule has 0 fully saturated rings. The molecule has 7 aromatic carbocycles. The van der Waals surface area contributed by atoms with Crippen molar-refractivity contribution >= 4 is 32.3 Å². The van der Waals surface area contributed by atoms with Crippen LogP contribution in [0.4, 0.5) is 0 Å². The van der Waals surface area contributed by atoms with E-state index in [-0.39, 0.29) is 0 Å². The molecule has 0 spiro atoms. The summed E-state index contributed by atoms with van der Waals surface area (Å²) in [5.74, 6) is 0. The minimum Gasteiger partial charge on any atom is -0.0622 e. The Balaban J connectivity index is 1.48. The number of hydrogen-bond donors (Lipinski definition) is 0. The summed E-state index contributed by atoms with van der Waals surface area (Å²) >= 11 is 0. The average molecular weight is 455 g/mol. The Morgan fingerprint density at radius 2 is 0.944 bits per heavy atom. The highest BCUT2D eigenvalue weighted by molar-refractivity contribution is 6.22. The SMILES string of the molecule is c1ccc(-c2ccc3c(c2)c(-c2ccc4c5c(cccc25)-c2ccccc2-4)cc2ccccc23)cc1. The maximum atomic E-state index is 2.39. The van der Waals surface area contributed by atoms with Gasteiger partial charge in [-0.1, -0.05) is 121 Å². The van der Waals surface area contributed by atoms with E-state index in [4.69, 9.17) is 0 Å². The van der Waals surface area contributed by atoms with E-state index < -0.39 is 0 Å². The Labute approximate surface area is 210 Å². The molecule has 0 heteroatoms. The highest BCUT2D eigenvalue weighted by Gasteiger charge is 2.23. The zero-order valence-electron chi connectivity index (χ0n) is 19.7. The summed E-state index contributed by atoms with van der Waals surface area (Å²) in [5, 5.41) is 7.87. The van der Waals surface area contributed by atoms with E-state index in [0.717, 1.165) is 0 Å². The highest BCUT2D eigenvalue weighted by atomic mass is 14.3. The van der Waals surface area contributed by atoms with Crippen molar-refractivity contribution < 1.29 is 0 Å². The van der Waals surface area contributed by atoms with E-state index in [1.54, 1.807) is 0 Å². The third-order valence-corrected chi connectivity index (χ3v) is 7.81. The highest BCUT2D eigenvalue weighted by Crippen LogP contribution is 2.50.